The Bertz CT molecular complexity index is 585. The fourth-order valence-corrected chi connectivity index (χ4v) is 2.48. The monoisotopic (exact) mass is 304 g/mol. The van der Waals surface area contributed by atoms with Gasteiger partial charge in [-0.25, -0.2) is 4.79 Å². The summed E-state index contributed by atoms with van der Waals surface area (Å²) in [6.07, 6.45) is 1.13. The van der Waals surface area contributed by atoms with Gasteiger partial charge < -0.3 is 15.4 Å². The van der Waals surface area contributed by atoms with Gasteiger partial charge in [-0.1, -0.05) is 24.3 Å². The molecule has 0 aliphatic carbocycles. The largest absolute Gasteiger partial charge is 0.467 e. The highest BCUT2D eigenvalue weighted by Gasteiger charge is 2.31. The van der Waals surface area contributed by atoms with E-state index in [1.165, 1.54) is 7.11 Å². The van der Waals surface area contributed by atoms with E-state index < -0.39 is 18.1 Å². The molecule has 1 aromatic rings. The van der Waals surface area contributed by atoms with Gasteiger partial charge in [0.25, 0.3) is 0 Å². The number of rotatable bonds is 5. The Morgan fingerprint density at radius 3 is 2.73 bits per heavy atom. The maximum Gasteiger partial charge on any atom is 0.328 e. The van der Waals surface area contributed by atoms with Crippen molar-refractivity contribution < 1.29 is 19.1 Å². The van der Waals surface area contributed by atoms with E-state index in [-0.39, 0.29) is 11.8 Å². The van der Waals surface area contributed by atoms with Gasteiger partial charge >= 0.3 is 5.97 Å². The molecular formula is C16H20N2O4. The van der Waals surface area contributed by atoms with Gasteiger partial charge in [-0.05, 0) is 24.5 Å². The Morgan fingerprint density at radius 2 is 2.14 bits per heavy atom. The molecule has 6 nitrogen and oxygen atoms in total. The first-order chi connectivity index (χ1) is 10.5. The molecule has 1 saturated heterocycles. The van der Waals surface area contributed by atoms with E-state index in [2.05, 4.69) is 10.6 Å². The molecule has 1 fully saturated rings. The third-order valence-corrected chi connectivity index (χ3v) is 3.80. The minimum absolute atomic E-state index is 0.145. The quantitative estimate of drug-likeness (QED) is 0.775. The molecule has 0 bridgehead atoms. The molecule has 0 unspecified atom stereocenters. The highest BCUT2D eigenvalue weighted by atomic mass is 16.5. The zero-order chi connectivity index (χ0) is 16.1. The lowest BCUT2D eigenvalue weighted by Gasteiger charge is -2.19. The Kier molecular flexibility index (Phi) is 5.14. The number of carbonyl (C=O) groups excluding carboxylic acids is 3. The van der Waals surface area contributed by atoms with E-state index in [9.17, 15) is 14.4 Å². The predicted molar refractivity (Wildman–Crippen MR) is 80.0 cm³/mol. The Hall–Kier alpha value is -2.37. The summed E-state index contributed by atoms with van der Waals surface area (Å²) in [5.74, 6) is -0.996. The summed E-state index contributed by atoms with van der Waals surface area (Å²) >= 11 is 0. The van der Waals surface area contributed by atoms with E-state index >= 15 is 0 Å². The number of carbonyl (C=O) groups is 3. The zero-order valence-electron chi connectivity index (χ0n) is 12.7. The average molecular weight is 304 g/mol. The van der Waals surface area contributed by atoms with Gasteiger partial charge in [-0.15, -0.1) is 0 Å². The number of aryl methyl sites for hydroxylation is 1. The second-order valence-electron chi connectivity index (χ2n) is 5.37. The molecule has 0 saturated carbocycles. The van der Waals surface area contributed by atoms with E-state index in [1.54, 1.807) is 0 Å². The van der Waals surface area contributed by atoms with Crippen LogP contribution in [0.3, 0.4) is 0 Å². The summed E-state index contributed by atoms with van der Waals surface area (Å²) in [7, 11) is 1.29. The van der Waals surface area contributed by atoms with Crippen molar-refractivity contribution in [3.8, 4) is 0 Å². The van der Waals surface area contributed by atoms with Crippen molar-refractivity contribution in [1.82, 2.24) is 10.6 Å². The predicted octanol–water partition coefficient (Wildman–Crippen LogP) is 0.474. The molecule has 2 atom stereocenters. The number of amides is 2. The maximum absolute atomic E-state index is 12.2. The van der Waals surface area contributed by atoms with E-state index in [0.717, 1.165) is 11.1 Å². The van der Waals surface area contributed by atoms with Crippen LogP contribution >= 0.6 is 0 Å². The molecule has 118 valence electrons. The summed E-state index contributed by atoms with van der Waals surface area (Å²) < 4.78 is 4.77. The van der Waals surface area contributed by atoms with Crippen molar-refractivity contribution in [2.75, 3.05) is 7.11 Å². The van der Waals surface area contributed by atoms with E-state index in [4.69, 9.17) is 4.74 Å². The number of hydrogen-bond donors (Lipinski definition) is 2. The number of benzene rings is 1. The molecule has 0 spiro atoms. The van der Waals surface area contributed by atoms with Crippen LogP contribution in [-0.2, 0) is 25.5 Å². The van der Waals surface area contributed by atoms with Gasteiger partial charge in [-0.2, -0.15) is 0 Å². The normalized spacial score (nSPS) is 18.5. The van der Waals surface area contributed by atoms with E-state index in [1.807, 2.05) is 31.2 Å². The van der Waals surface area contributed by atoms with Crippen molar-refractivity contribution in [3.63, 3.8) is 0 Å². The summed E-state index contributed by atoms with van der Waals surface area (Å²) in [4.78, 5) is 35.3. The van der Waals surface area contributed by atoms with Gasteiger partial charge in [0.2, 0.25) is 11.8 Å². The average Bonchev–Trinajstić information content (AvgIpc) is 2.94. The van der Waals surface area contributed by atoms with Gasteiger partial charge in [0.1, 0.15) is 12.1 Å². The SMILES string of the molecule is COC(=O)[C@H](Cc1ccccc1C)NC(=O)[C@@H]1CCC(=O)N1. The van der Waals surface area contributed by atoms with Crippen LogP contribution in [0.15, 0.2) is 24.3 Å². The number of methoxy groups -OCH3 is 1. The molecule has 1 aliphatic heterocycles. The molecule has 1 heterocycles. The van der Waals surface area contributed by atoms with Crippen molar-refractivity contribution in [2.24, 2.45) is 0 Å². The standard InChI is InChI=1S/C16H20N2O4/c1-10-5-3-4-6-11(10)9-13(16(21)22-2)18-15(20)12-7-8-14(19)17-12/h3-6,12-13H,7-9H2,1-2H3,(H,17,19)(H,18,20)/t12-,13-/m0/s1. The molecule has 0 radical (unpaired) electrons. The lowest BCUT2D eigenvalue weighted by atomic mass is 10.0. The molecule has 2 N–H and O–H groups in total. The summed E-state index contributed by atoms with van der Waals surface area (Å²) in [5.41, 5.74) is 2.01. The summed E-state index contributed by atoms with van der Waals surface area (Å²) in [5, 5.41) is 5.27. The van der Waals surface area contributed by atoms with Crippen molar-refractivity contribution >= 4 is 17.8 Å². The molecule has 0 aromatic heterocycles. The lowest BCUT2D eigenvalue weighted by Crippen LogP contribution is -2.50. The van der Waals surface area contributed by atoms with Crippen LogP contribution < -0.4 is 10.6 Å². The topological polar surface area (TPSA) is 84.5 Å². The van der Waals surface area contributed by atoms with Gasteiger partial charge in [0, 0.05) is 12.8 Å². The van der Waals surface area contributed by atoms with Crippen LogP contribution in [-0.4, -0.2) is 37.0 Å². The lowest BCUT2D eigenvalue weighted by molar-refractivity contribution is -0.145. The molecule has 2 rings (SSSR count). The van der Waals surface area contributed by atoms with Crippen LogP contribution in [0, 0.1) is 6.92 Å². The minimum atomic E-state index is -0.767. The van der Waals surface area contributed by atoms with Crippen LogP contribution in [0.2, 0.25) is 0 Å². The van der Waals surface area contributed by atoms with Crippen molar-refractivity contribution in [2.45, 2.75) is 38.3 Å². The molecular weight excluding hydrogens is 284 g/mol. The second kappa shape index (κ2) is 7.06. The minimum Gasteiger partial charge on any atom is -0.467 e. The van der Waals surface area contributed by atoms with Gasteiger partial charge in [0.05, 0.1) is 7.11 Å². The first-order valence-corrected chi connectivity index (χ1v) is 7.23. The van der Waals surface area contributed by atoms with E-state index in [0.29, 0.717) is 19.3 Å². The van der Waals surface area contributed by atoms with Gasteiger partial charge in [0.15, 0.2) is 0 Å². The molecule has 6 heteroatoms. The van der Waals surface area contributed by atoms with Crippen LogP contribution in [0.1, 0.15) is 24.0 Å². The molecule has 1 aliphatic rings. The zero-order valence-corrected chi connectivity index (χ0v) is 12.7. The molecule has 22 heavy (non-hydrogen) atoms. The van der Waals surface area contributed by atoms with Crippen LogP contribution in [0.4, 0.5) is 0 Å². The Labute approximate surface area is 129 Å². The second-order valence-corrected chi connectivity index (χ2v) is 5.37. The third-order valence-electron chi connectivity index (χ3n) is 3.80. The number of nitrogens with one attached hydrogen (secondary N) is 2. The number of hydrogen-bond acceptors (Lipinski definition) is 4. The van der Waals surface area contributed by atoms with Crippen molar-refractivity contribution in [3.05, 3.63) is 35.4 Å². The first-order valence-electron chi connectivity index (χ1n) is 7.23. The smallest absolute Gasteiger partial charge is 0.328 e. The molecule has 2 amide bonds. The fraction of sp³-hybridized carbons (Fsp3) is 0.438. The van der Waals surface area contributed by atoms with Crippen LogP contribution in [0.25, 0.3) is 0 Å². The highest BCUT2D eigenvalue weighted by molar-refractivity contribution is 5.93. The van der Waals surface area contributed by atoms with Gasteiger partial charge in [-0.3, -0.25) is 9.59 Å². The van der Waals surface area contributed by atoms with Crippen LogP contribution in [0.5, 0.6) is 0 Å². The number of ether oxygens (including phenoxy) is 1. The maximum atomic E-state index is 12.2. The first kappa shape index (κ1) is 16.0. The molecule has 1 aromatic carbocycles. The highest BCUT2D eigenvalue weighted by Crippen LogP contribution is 2.12. The van der Waals surface area contributed by atoms with Crippen molar-refractivity contribution in [1.29, 1.82) is 0 Å². The third kappa shape index (κ3) is 3.84. The summed E-state index contributed by atoms with van der Waals surface area (Å²) in [6, 6.07) is 6.32. The Balaban J connectivity index is 2.06. The number of esters is 1. The fourth-order valence-electron chi connectivity index (χ4n) is 2.48. The summed E-state index contributed by atoms with van der Waals surface area (Å²) in [6.45, 7) is 1.95. The Morgan fingerprint density at radius 1 is 1.41 bits per heavy atom.